The zero-order chi connectivity index (χ0) is 14.7. The number of hydrogen-bond donors (Lipinski definition) is 1. The van der Waals surface area contributed by atoms with E-state index in [1.165, 1.54) is 0 Å². The lowest BCUT2D eigenvalue weighted by Crippen LogP contribution is -1.89. The quantitative estimate of drug-likeness (QED) is 0.712. The lowest BCUT2D eigenvalue weighted by Gasteiger charge is -2.11. The average Bonchev–Trinajstić information content (AvgIpc) is 2.56. The Kier molecular flexibility index (Phi) is 3.52. The minimum absolute atomic E-state index is 0.0240. The first-order valence-corrected chi connectivity index (χ1v) is 6.72. The Hall–Kier alpha value is -2.87. The highest BCUT2D eigenvalue weighted by Gasteiger charge is 2.12. The second-order valence-corrected chi connectivity index (χ2v) is 4.81. The Morgan fingerprint density at radius 3 is 1.86 bits per heavy atom. The van der Waals surface area contributed by atoms with Gasteiger partial charge in [-0.05, 0) is 28.8 Å². The number of aromatic hydroxyl groups is 1. The van der Waals surface area contributed by atoms with Gasteiger partial charge in [0.1, 0.15) is 5.75 Å². The second kappa shape index (κ2) is 5.63. The summed E-state index contributed by atoms with van der Waals surface area (Å²) >= 11 is 0. The molecule has 0 atom stereocenters. The van der Waals surface area contributed by atoms with E-state index in [9.17, 15) is 9.90 Å². The second-order valence-electron chi connectivity index (χ2n) is 4.81. The first kappa shape index (κ1) is 13.1. The average molecular weight is 274 g/mol. The predicted molar refractivity (Wildman–Crippen MR) is 84.4 cm³/mol. The normalized spacial score (nSPS) is 10.3. The van der Waals surface area contributed by atoms with Gasteiger partial charge < -0.3 is 5.11 Å². The fourth-order valence-corrected chi connectivity index (χ4v) is 2.38. The van der Waals surface area contributed by atoms with Crippen molar-refractivity contribution in [3.63, 3.8) is 0 Å². The van der Waals surface area contributed by atoms with Gasteiger partial charge in [0.25, 0.3) is 0 Å². The molecule has 0 radical (unpaired) electrons. The van der Waals surface area contributed by atoms with Gasteiger partial charge in [-0.25, -0.2) is 0 Å². The smallest absolute Gasteiger partial charge is 0.153 e. The maximum atomic E-state index is 11.2. The van der Waals surface area contributed by atoms with Crippen LogP contribution in [-0.4, -0.2) is 11.4 Å². The predicted octanol–water partition coefficient (Wildman–Crippen LogP) is 4.54. The molecule has 2 nitrogen and oxygen atoms in total. The van der Waals surface area contributed by atoms with Gasteiger partial charge in [-0.1, -0.05) is 60.7 Å². The number of aldehydes is 1. The molecule has 0 saturated carbocycles. The molecule has 0 heterocycles. The summed E-state index contributed by atoms with van der Waals surface area (Å²) in [5.74, 6) is 0.0240. The zero-order valence-electron chi connectivity index (χ0n) is 11.4. The molecule has 1 N–H and O–H groups in total. The van der Waals surface area contributed by atoms with Crippen LogP contribution in [0, 0.1) is 0 Å². The highest BCUT2D eigenvalue weighted by Crippen LogP contribution is 2.36. The summed E-state index contributed by atoms with van der Waals surface area (Å²) in [7, 11) is 0. The topological polar surface area (TPSA) is 37.3 Å². The van der Waals surface area contributed by atoms with E-state index < -0.39 is 0 Å². The largest absolute Gasteiger partial charge is 0.507 e. The zero-order valence-corrected chi connectivity index (χ0v) is 11.4. The van der Waals surface area contributed by atoms with Crippen LogP contribution in [0.25, 0.3) is 22.3 Å². The van der Waals surface area contributed by atoms with Crippen molar-refractivity contribution in [3.8, 4) is 28.0 Å². The Morgan fingerprint density at radius 1 is 0.714 bits per heavy atom. The van der Waals surface area contributed by atoms with E-state index >= 15 is 0 Å². The lowest BCUT2D eigenvalue weighted by molar-refractivity contribution is 0.112. The minimum Gasteiger partial charge on any atom is -0.507 e. The number of phenolic OH excluding ortho intramolecular Hbond substituents is 1. The SMILES string of the molecule is O=Cc1cc(-c2ccccc2)cc(-c2ccccc2)c1O. The van der Waals surface area contributed by atoms with Crippen LogP contribution in [0.5, 0.6) is 5.75 Å². The van der Waals surface area contributed by atoms with Crippen molar-refractivity contribution in [1.82, 2.24) is 0 Å². The van der Waals surface area contributed by atoms with E-state index in [-0.39, 0.29) is 5.75 Å². The molecule has 2 heteroatoms. The van der Waals surface area contributed by atoms with Crippen LogP contribution in [0.1, 0.15) is 10.4 Å². The van der Waals surface area contributed by atoms with Gasteiger partial charge in [-0.3, -0.25) is 4.79 Å². The van der Waals surface area contributed by atoms with Crippen LogP contribution in [-0.2, 0) is 0 Å². The van der Waals surface area contributed by atoms with E-state index in [4.69, 9.17) is 0 Å². The molecule has 0 unspecified atom stereocenters. The van der Waals surface area contributed by atoms with Crippen LogP contribution in [0.2, 0.25) is 0 Å². The van der Waals surface area contributed by atoms with Crippen molar-refractivity contribution >= 4 is 6.29 Å². The summed E-state index contributed by atoms with van der Waals surface area (Å²) in [4.78, 5) is 11.2. The van der Waals surface area contributed by atoms with Crippen LogP contribution in [0.15, 0.2) is 72.8 Å². The van der Waals surface area contributed by atoms with Crippen molar-refractivity contribution < 1.29 is 9.90 Å². The molecule has 102 valence electrons. The molecule has 3 aromatic rings. The summed E-state index contributed by atoms with van der Waals surface area (Å²) in [6, 6.07) is 23.0. The summed E-state index contributed by atoms with van der Waals surface area (Å²) in [6.07, 6.45) is 0.689. The molecule has 3 rings (SSSR count). The highest BCUT2D eigenvalue weighted by atomic mass is 16.3. The summed E-state index contributed by atoms with van der Waals surface area (Å²) in [6.45, 7) is 0. The molecule has 3 aromatic carbocycles. The molecule has 0 aliphatic carbocycles. The molecular weight excluding hydrogens is 260 g/mol. The van der Waals surface area contributed by atoms with Crippen molar-refractivity contribution in [2.75, 3.05) is 0 Å². The van der Waals surface area contributed by atoms with Crippen LogP contribution >= 0.6 is 0 Å². The molecule has 0 spiro atoms. The maximum Gasteiger partial charge on any atom is 0.153 e. The fourth-order valence-electron chi connectivity index (χ4n) is 2.38. The Balaban J connectivity index is 2.23. The van der Waals surface area contributed by atoms with Crippen LogP contribution in [0.3, 0.4) is 0 Å². The third kappa shape index (κ3) is 2.56. The lowest BCUT2D eigenvalue weighted by atomic mass is 9.95. The Bertz CT molecular complexity index is 762. The molecule has 0 bridgehead atoms. The summed E-state index contributed by atoms with van der Waals surface area (Å²) < 4.78 is 0. The Morgan fingerprint density at radius 2 is 1.29 bits per heavy atom. The Labute approximate surface area is 123 Å². The van der Waals surface area contributed by atoms with E-state index in [2.05, 4.69) is 0 Å². The number of rotatable bonds is 3. The van der Waals surface area contributed by atoms with Crippen LogP contribution in [0.4, 0.5) is 0 Å². The van der Waals surface area contributed by atoms with E-state index in [1.54, 1.807) is 6.07 Å². The third-order valence-corrected chi connectivity index (χ3v) is 3.46. The van der Waals surface area contributed by atoms with Crippen molar-refractivity contribution in [2.45, 2.75) is 0 Å². The molecule has 21 heavy (non-hydrogen) atoms. The molecule has 0 amide bonds. The van der Waals surface area contributed by atoms with Gasteiger partial charge in [-0.15, -0.1) is 0 Å². The summed E-state index contributed by atoms with van der Waals surface area (Å²) in [5.41, 5.74) is 3.78. The van der Waals surface area contributed by atoms with E-state index in [1.807, 2.05) is 66.7 Å². The molecule has 0 saturated heterocycles. The van der Waals surface area contributed by atoms with Crippen molar-refractivity contribution in [2.24, 2.45) is 0 Å². The molecule has 0 fully saturated rings. The van der Waals surface area contributed by atoms with Crippen molar-refractivity contribution in [1.29, 1.82) is 0 Å². The number of benzene rings is 3. The van der Waals surface area contributed by atoms with E-state index in [0.717, 1.165) is 16.7 Å². The van der Waals surface area contributed by atoms with E-state index in [0.29, 0.717) is 17.4 Å². The minimum atomic E-state index is 0.0240. The van der Waals surface area contributed by atoms with Gasteiger partial charge in [-0.2, -0.15) is 0 Å². The fraction of sp³-hybridized carbons (Fsp3) is 0. The van der Waals surface area contributed by atoms with Gasteiger partial charge in [0, 0.05) is 5.56 Å². The molecule has 0 aliphatic heterocycles. The highest BCUT2D eigenvalue weighted by molar-refractivity contribution is 5.89. The first-order chi connectivity index (χ1) is 10.3. The maximum absolute atomic E-state index is 11.2. The van der Waals surface area contributed by atoms with Gasteiger partial charge >= 0.3 is 0 Å². The van der Waals surface area contributed by atoms with Gasteiger partial charge in [0.15, 0.2) is 6.29 Å². The van der Waals surface area contributed by atoms with Gasteiger partial charge in [0.2, 0.25) is 0 Å². The number of hydrogen-bond acceptors (Lipinski definition) is 2. The monoisotopic (exact) mass is 274 g/mol. The van der Waals surface area contributed by atoms with Gasteiger partial charge in [0.05, 0.1) is 5.56 Å². The molecule has 0 aromatic heterocycles. The van der Waals surface area contributed by atoms with Crippen molar-refractivity contribution in [3.05, 3.63) is 78.4 Å². The third-order valence-electron chi connectivity index (χ3n) is 3.46. The number of phenols is 1. The van der Waals surface area contributed by atoms with Crippen LogP contribution < -0.4 is 0 Å². The molecular formula is C19H14O2. The number of carbonyl (C=O) groups excluding carboxylic acids is 1. The summed E-state index contributed by atoms with van der Waals surface area (Å²) in [5, 5.41) is 10.3. The number of carbonyl (C=O) groups is 1. The molecule has 0 aliphatic rings. The first-order valence-electron chi connectivity index (χ1n) is 6.72. The standard InChI is InChI=1S/C19H14O2/c20-13-17-11-16(14-7-3-1-4-8-14)12-18(19(17)21)15-9-5-2-6-10-15/h1-13,21H.